The molecule has 0 spiro atoms. The van der Waals surface area contributed by atoms with Crippen molar-refractivity contribution in [3.8, 4) is 6.07 Å². The fraction of sp³-hybridized carbons (Fsp3) is 0.714. The Kier molecular flexibility index (Phi) is 1.79. The Labute approximate surface area is 101 Å². The third-order valence-electron chi connectivity index (χ3n) is 5.16. The molecule has 17 heavy (non-hydrogen) atoms. The lowest BCUT2D eigenvalue weighted by Crippen LogP contribution is -2.48. The lowest BCUT2D eigenvalue weighted by atomic mass is 9.49. The SMILES string of the molecule is N#Cc1ncc(C23CC4CC(CC(C4)C2)C3)o1. The normalized spacial score (nSPS) is 42.6. The highest BCUT2D eigenvalue weighted by atomic mass is 16.4. The van der Waals surface area contributed by atoms with Crippen LogP contribution in [-0.4, -0.2) is 4.98 Å². The summed E-state index contributed by atoms with van der Waals surface area (Å²) in [6, 6.07) is 2.00. The number of rotatable bonds is 1. The summed E-state index contributed by atoms with van der Waals surface area (Å²) in [5.74, 6) is 3.93. The van der Waals surface area contributed by atoms with Gasteiger partial charge in [-0.05, 0) is 56.3 Å². The van der Waals surface area contributed by atoms with E-state index in [2.05, 4.69) is 4.98 Å². The predicted molar refractivity (Wildman–Crippen MR) is 61.1 cm³/mol. The summed E-state index contributed by atoms with van der Waals surface area (Å²) in [4.78, 5) is 4.06. The summed E-state index contributed by atoms with van der Waals surface area (Å²) in [5, 5.41) is 8.83. The highest BCUT2D eigenvalue weighted by Crippen LogP contribution is 2.60. The zero-order valence-corrected chi connectivity index (χ0v) is 9.85. The smallest absolute Gasteiger partial charge is 0.300 e. The molecule has 0 N–H and O–H groups in total. The zero-order valence-electron chi connectivity index (χ0n) is 9.85. The Morgan fingerprint density at radius 1 is 1.18 bits per heavy atom. The molecule has 0 amide bonds. The molecule has 0 saturated heterocycles. The molecule has 4 fully saturated rings. The van der Waals surface area contributed by atoms with E-state index in [4.69, 9.17) is 9.68 Å². The molecule has 0 atom stereocenters. The minimum atomic E-state index is 0.232. The summed E-state index contributed by atoms with van der Waals surface area (Å²) in [5.41, 5.74) is 0.233. The van der Waals surface area contributed by atoms with Gasteiger partial charge in [0.15, 0.2) is 6.07 Å². The Morgan fingerprint density at radius 3 is 2.24 bits per heavy atom. The summed E-state index contributed by atoms with van der Waals surface area (Å²) < 4.78 is 5.65. The first kappa shape index (κ1) is 9.70. The summed E-state index contributed by atoms with van der Waals surface area (Å²) in [6.45, 7) is 0. The van der Waals surface area contributed by atoms with Gasteiger partial charge in [0.2, 0.25) is 0 Å². The average Bonchev–Trinajstić information content (AvgIpc) is 2.76. The Hall–Kier alpha value is -1.30. The van der Waals surface area contributed by atoms with Crippen molar-refractivity contribution in [3.63, 3.8) is 0 Å². The van der Waals surface area contributed by atoms with Crippen LogP contribution in [0.15, 0.2) is 10.6 Å². The molecule has 3 heteroatoms. The molecule has 4 aliphatic carbocycles. The highest BCUT2D eigenvalue weighted by molar-refractivity contribution is 5.21. The van der Waals surface area contributed by atoms with Gasteiger partial charge in [0.25, 0.3) is 0 Å². The van der Waals surface area contributed by atoms with Crippen molar-refractivity contribution >= 4 is 0 Å². The summed E-state index contributed by atoms with van der Waals surface area (Å²) in [7, 11) is 0. The molecule has 1 heterocycles. The summed E-state index contributed by atoms with van der Waals surface area (Å²) >= 11 is 0. The van der Waals surface area contributed by atoms with Crippen LogP contribution < -0.4 is 0 Å². The van der Waals surface area contributed by atoms with Crippen LogP contribution in [0.25, 0.3) is 0 Å². The Balaban J connectivity index is 1.75. The molecule has 4 saturated carbocycles. The predicted octanol–water partition coefficient (Wildman–Crippen LogP) is 3.01. The number of nitriles is 1. The van der Waals surface area contributed by atoms with Crippen LogP contribution in [-0.2, 0) is 5.41 Å². The van der Waals surface area contributed by atoms with Gasteiger partial charge in [-0.25, -0.2) is 4.98 Å². The van der Waals surface area contributed by atoms with E-state index in [-0.39, 0.29) is 11.3 Å². The number of hydrogen-bond acceptors (Lipinski definition) is 3. The van der Waals surface area contributed by atoms with E-state index in [1.165, 1.54) is 38.5 Å². The second kappa shape index (κ2) is 3.13. The quantitative estimate of drug-likeness (QED) is 0.742. The molecule has 0 unspecified atom stereocenters. The van der Waals surface area contributed by atoms with Crippen molar-refractivity contribution < 1.29 is 4.42 Å². The second-order valence-electron chi connectivity index (χ2n) is 6.34. The Bertz CT molecular complexity index is 461. The number of hydrogen-bond donors (Lipinski definition) is 0. The maximum Gasteiger partial charge on any atom is 0.300 e. The first-order valence-electron chi connectivity index (χ1n) is 6.64. The molecular formula is C14H16N2O. The zero-order chi connectivity index (χ0) is 11.5. The molecule has 0 aromatic carbocycles. The molecule has 1 aromatic rings. The van der Waals surface area contributed by atoms with Crippen molar-refractivity contribution in [1.82, 2.24) is 4.98 Å². The maximum atomic E-state index is 8.83. The Morgan fingerprint density at radius 2 is 1.76 bits per heavy atom. The highest BCUT2D eigenvalue weighted by Gasteiger charge is 2.53. The first-order chi connectivity index (χ1) is 8.27. The number of nitrogens with zero attached hydrogens (tertiary/aromatic N) is 2. The third kappa shape index (κ3) is 1.30. The van der Waals surface area contributed by atoms with E-state index in [0.717, 1.165) is 23.5 Å². The standard InChI is InChI=1S/C14H16N2O/c15-7-13-16-8-12(17-13)14-4-9-1-10(5-14)3-11(2-9)6-14/h8-11H,1-6H2. The van der Waals surface area contributed by atoms with Gasteiger partial charge in [-0.3, -0.25) is 0 Å². The molecule has 1 aromatic heterocycles. The van der Waals surface area contributed by atoms with E-state index < -0.39 is 0 Å². The van der Waals surface area contributed by atoms with Crippen LogP contribution >= 0.6 is 0 Å². The average molecular weight is 228 g/mol. The van der Waals surface area contributed by atoms with E-state index in [9.17, 15) is 0 Å². The van der Waals surface area contributed by atoms with Crippen molar-refractivity contribution in [2.24, 2.45) is 17.8 Å². The van der Waals surface area contributed by atoms with Crippen LogP contribution in [0.2, 0.25) is 0 Å². The van der Waals surface area contributed by atoms with Gasteiger partial charge in [-0.15, -0.1) is 0 Å². The van der Waals surface area contributed by atoms with Crippen LogP contribution in [0.4, 0.5) is 0 Å². The van der Waals surface area contributed by atoms with Crippen molar-refractivity contribution in [2.45, 2.75) is 43.9 Å². The van der Waals surface area contributed by atoms with Gasteiger partial charge in [-0.2, -0.15) is 5.26 Å². The minimum Gasteiger partial charge on any atom is -0.433 e. The molecule has 3 nitrogen and oxygen atoms in total. The molecule has 88 valence electrons. The second-order valence-corrected chi connectivity index (χ2v) is 6.34. The fourth-order valence-electron chi connectivity index (χ4n) is 4.98. The molecule has 4 aliphatic rings. The molecule has 0 radical (unpaired) electrons. The van der Waals surface area contributed by atoms with E-state index in [1.807, 2.05) is 12.3 Å². The molecule has 0 aliphatic heterocycles. The molecule has 5 rings (SSSR count). The van der Waals surface area contributed by atoms with Crippen LogP contribution in [0.3, 0.4) is 0 Å². The number of oxazole rings is 1. The van der Waals surface area contributed by atoms with Gasteiger partial charge in [0, 0.05) is 5.41 Å². The molecular weight excluding hydrogens is 212 g/mol. The third-order valence-corrected chi connectivity index (χ3v) is 5.16. The van der Waals surface area contributed by atoms with Crippen LogP contribution in [0.1, 0.15) is 50.2 Å². The largest absolute Gasteiger partial charge is 0.433 e. The van der Waals surface area contributed by atoms with E-state index >= 15 is 0 Å². The van der Waals surface area contributed by atoms with Gasteiger partial charge < -0.3 is 4.42 Å². The lowest BCUT2D eigenvalue weighted by molar-refractivity contribution is -0.0153. The lowest BCUT2D eigenvalue weighted by Gasteiger charge is -2.55. The van der Waals surface area contributed by atoms with Crippen LogP contribution in [0, 0.1) is 29.1 Å². The topological polar surface area (TPSA) is 49.8 Å². The fourth-order valence-corrected chi connectivity index (χ4v) is 4.98. The van der Waals surface area contributed by atoms with Gasteiger partial charge in [-0.1, -0.05) is 0 Å². The monoisotopic (exact) mass is 228 g/mol. The van der Waals surface area contributed by atoms with Gasteiger partial charge >= 0.3 is 5.89 Å². The maximum absolute atomic E-state index is 8.83. The van der Waals surface area contributed by atoms with E-state index in [1.54, 1.807) is 0 Å². The number of aromatic nitrogens is 1. The van der Waals surface area contributed by atoms with Crippen molar-refractivity contribution in [2.75, 3.05) is 0 Å². The molecule has 4 bridgehead atoms. The van der Waals surface area contributed by atoms with E-state index in [0.29, 0.717) is 0 Å². The first-order valence-corrected chi connectivity index (χ1v) is 6.64. The van der Waals surface area contributed by atoms with Crippen molar-refractivity contribution in [1.29, 1.82) is 5.26 Å². The summed E-state index contributed by atoms with van der Waals surface area (Å²) in [6.07, 6.45) is 9.89. The van der Waals surface area contributed by atoms with Crippen molar-refractivity contribution in [3.05, 3.63) is 17.8 Å². The van der Waals surface area contributed by atoms with Crippen LogP contribution in [0.5, 0.6) is 0 Å². The minimum absolute atomic E-state index is 0.232. The van der Waals surface area contributed by atoms with Gasteiger partial charge in [0.1, 0.15) is 5.76 Å². The van der Waals surface area contributed by atoms with Gasteiger partial charge in [0.05, 0.1) is 6.20 Å².